The van der Waals surface area contributed by atoms with Gasteiger partial charge in [-0.2, -0.15) is 0 Å². The third-order valence-corrected chi connectivity index (χ3v) is 5.17. The van der Waals surface area contributed by atoms with Crippen LogP contribution in [0.3, 0.4) is 0 Å². The van der Waals surface area contributed by atoms with Crippen LogP contribution in [-0.2, 0) is 16.4 Å². The number of allylic oxidation sites excluding steroid dienone is 1. The predicted molar refractivity (Wildman–Crippen MR) is 94.2 cm³/mol. The fraction of sp³-hybridized carbons (Fsp3) is 0.176. The standard InChI is InChI=1S/C17H18BrNO2S/c1-2-3-14-4-6-15(7-5-14)12-13-19-22(20,21)17-10-8-16(18)9-11-17/h2-11,19H,12-13H2,1H3. The van der Waals surface area contributed by atoms with E-state index in [0.717, 1.165) is 15.6 Å². The van der Waals surface area contributed by atoms with E-state index in [1.54, 1.807) is 24.3 Å². The van der Waals surface area contributed by atoms with Crippen LogP contribution in [0.15, 0.2) is 64.0 Å². The van der Waals surface area contributed by atoms with Crippen molar-refractivity contribution in [1.29, 1.82) is 0 Å². The molecule has 0 unspecified atom stereocenters. The van der Waals surface area contributed by atoms with Crippen LogP contribution in [0, 0.1) is 0 Å². The van der Waals surface area contributed by atoms with Crippen LogP contribution in [0.25, 0.3) is 6.08 Å². The summed E-state index contributed by atoms with van der Waals surface area (Å²) < 4.78 is 27.8. The summed E-state index contributed by atoms with van der Waals surface area (Å²) in [5.74, 6) is 0. The van der Waals surface area contributed by atoms with E-state index < -0.39 is 10.0 Å². The first-order valence-electron chi connectivity index (χ1n) is 6.98. The smallest absolute Gasteiger partial charge is 0.211 e. The maximum atomic E-state index is 12.1. The maximum absolute atomic E-state index is 12.1. The van der Waals surface area contributed by atoms with Crippen LogP contribution in [0.2, 0.25) is 0 Å². The monoisotopic (exact) mass is 379 g/mol. The molecule has 0 atom stereocenters. The fourth-order valence-corrected chi connectivity index (χ4v) is 3.31. The molecule has 0 aromatic heterocycles. The lowest BCUT2D eigenvalue weighted by molar-refractivity contribution is 0.581. The van der Waals surface area contributed by atoms with E-state index in [0.29, 0.717) is 13.0 Å². The summed E-state index contributed by atoms with van der Waals surface area (Å²) >= 11 is 3.29. The molecule has 0 aliphatic rings. The molecule has 2 aromatic carbocycles. The normalized spacial score (nSPS) is 11.9. The topological polar surface area (TPSA) is 46.2 Å². The lowest BCUT2D eigenvalue weighted by Gasteiger charge is -2.07. The van der Waals surface area contributed by atoms with Crippen molar-refractivity contribution >= 4 is 32.0 Å². The lowest BCUT2D eigenvalue weighted by atomic mass is 10.1. The first-order valence-corrected chi connectivity index (χ1v) is 9.26. The van der Waals surface area contributed by atoms with Gasteiger partial charge in [0.15, 0.2) is 0 Å². The first-order chi connectivity index (χ1) is 10.5. The zero-order valence-corrected chi connectivity index (χ0v) is 14.7. The predicted octanol–water partition coefficient (Wildman–Crippen LogP) is 4.00. The third-order valence-electron chi connectivity index (χ3n) is 3.17. The zero-order valence-electron chi connectivity index (χ0n) is 12.3. The Kier molecular flexibility index (Phi) is 5.94. The van der Waals surface area contributed by atoms with Crippen LogP contribution < -0.4 is 4.72 Å². The molecule has 0 radical (unpaired) electrons. The number of halogens is 1. The Morgan fingerprint density at radius 2 is 1.68 bits per heavy atom. The van der Waals surface area contributed by atoms with Gasteiger partial charge >= 0.3 is 0 Å². The second kappa shape index (κ2) is 7.72. The molecule has 2 rings (SSSR count). The average molecular weight is 380 g/mol. The zero-order chi connectivity index (χ0) is 16.0. The summed E-state index contributed by atoms with van der Waals surface area (Å²) in [5, 5.41) is 0. The number of nitrogens with one attached hydrogen (secondary N) is 1. The van der Waals surface area contributed by atoms with E-state index in [4.69, 9.17) is 0 Å². The quantitative estimate of drug-likeness (QED) is 0.823. The first kappa shape index (κ1) is 16.9. The van der Waals surface area contributed by atoms with E-state index in [2.05, 4.69) is 20.7 Å². The van der Waals surface area contributed by atoms with Crippen LogP contribution in [0.1, 0.15) is 18.1 Å². The molecule has 116 valence electrons. The van der Waals surface area contributed by atoms with Gasteiger partial charge in [-0.05, 0) is 48.7 Å². The van der Waals surface area contributed by atoms with Gasteiger partial charge < -0.3 is 0 Å². The highest BCUT2D eigenvalue weighted by atomic mass is 79.9. The number of rotatable bonds is 6. The van der Waals surface area contributed by atoms with Crippen LogP contribution in [0.4, 0.5) is 0 Å². The van der Waals surface area contributed by atoms with Gasteiger partial charge in [0.25, 0.3) is 0 Å². The molecular weight excluding hydrogens is 362 g/mol. The van der Waals surface area contributed by atoms with E-state index in [9.17, 15) is 8.42 Å². The number of hydrogen-bond acceptors (Lipinski definition) is 2. The summed E-state index contributed by atoms with van der Waals surface area (Å²) in [4.78, 5) is 0.277. The molecule has 0 amide bonds. The summed E-state index contributed by atoms with van der Waals surface area (Å²) in [7, 11) is -3.45. The maximum Gasteiger partial charge on any atom is 0.240 e. The Morgan fingerprint density at radius 3 is 2.27 bits per heavy atom. The summed E-state index contributed by atoms with van der Waals surface area (Å²) in [6.45, 7) is 2.35. The highest BCUT2D eigenvalue weighted by Gasteiger charge is 2.12. The van der Waals surface area contributed by atoms with Crippen molar-refractivity contribution < 1.29 is 8.42 Å². The summed E-state index contributed by atoms with van der Waals surface area (Å²) in [5.41, 5.74) is 2.24. The van der Waals surface area contributed by atoms with Crippen molar-refractivity contribution in [2.45, 2.75) is 18.2 Å². The molecule has 2 aromatic rings. The van der Waals surface area contributed by atoms with Crippen molar-refractivity contribution in [2.24, 2.45) is 0 Å². The SMILES string of the molecule is CC=Cc1ccc(CCNS(=O)(=O)c2ccc(Br)cc2)cc1. The Balaban J connectivity index is 1.93. The largest absolute Gasteiger partial charge is 0.240 e. The summed E-state index contributed by atoms with van der Waals surface area (Å²) in [6, 6.07) is 14.7. The van der Waals surface area contributed by atoms with Gasteiger partial charge in [-0.25, -0.2) is 13.1 Å². The molecule has 0 fully saturated rings. The Bertz CT molecular complexity index is 735. The molecule has 1 N–H and O–H groups in total. The molecule has 0 saturated carbocycles. The Labute approximate surface area is 140 Å². The van der Waals surface area contributed by atoms with Gasteiger partial charge in [-0.15, -0.1) is 0 Å². The van der Waals surface area contributed by atoms with Gasteiger partial charge in [-0.1, -0.05) is 52.3 Å². The van der Waals surface area contributed by atoms with Gasteiger partial charge in [0.2, 0.25) is 10.0 Å². The molecule has 0 heterocycles. The minimum atomic E-state index is -3.45. The summed E-state index contributed by atoms with van der Waals surface area (Å²) in [6.07, 6.45) is 4.67. The highest BCUT2D eigenvalue weighted by Crippen LogP contribution is 2.14. The van der Waals surface area contributed by atoms with Gasteiger partial charge in [-0.3, -0.25) is 0 Å². The van der Waals surface area contributed by atoms with Gasteiger partial charge in [0, 0.05) is 11.0 Å². The lowest BCUT2D eigenvalue weighted by Crippen LogP contribution is -2.25. The number of hydrogen-bond donors (Lipinski definition) is 1. The number of sulfonamides is 1. The second-order valence-electron chi connectivity index (χ2n) is 4.84. The Hall–Kier alpha value is -1.43. The Morgan fingerprint density at radius 1 is 1.05 bits per heavy atom. The highest BCUT2D eigenvalue weighted by molar-refractivity contribution is 9.10. The third kappa shape index (κ3) is 4.80. The van der Waals surface area contributed by atoms with E-state index in [-0.39, 0.29) is 4.90 Å². The molecule has 3 nitrogen and oxygen atoms in total. The number of benzene rings is 2. The van der Waals surface area contributed by atoms with Crippen LogP contribution in [-0.4, -0.2) is 15.0 Å². The molecule has 0 bridgehead atoms. The van der Waals surface area contributed by atoms with E-state index in [1.807, 2.05) is 43.3 Å². The van der Waals surface area contributed by atoms with Crippen LogP contribution in [0.5, 0.6) is 0 Å². The molecule has 0 spiro atoms. The van der Waals surface area contributed by atoms with Crippen molar-refractivity contribution in [3.05, 3.63) is 70.2 Å². The average Bonchev–Trinajstić information content (AvgIpc) is 2.50. The van der Waals surface area contributed by atoms with E-state index >= 15 is 0 Å². The van der Waals surface area contributed by atoms with Crippen molar-refractivity contribution in [1.82, 2.24) is 4.72 Å². The minimum Gasteiger partial charge on any atom is -0.211 e. The molecule has 5 heteroatoms. The minimum absolute atomic E-state index is 0.277. The molecule has 22 heavy (non-hydrogen) atoms. The molecule has 0 aliphatic heterocycles. The van der Waals surface area contributed by atoms with Gasteiger partial charge in [0.05, 0.1) is 4.90 Å². The van der Waals surface area contributed by atoms with Crippen molar-refractivity contribution in [3.63, 3.8) is 0 Å². The molecule has 0 aliphatic carbocycles. The second-order valence-corrected chi connectivity index (χ2v) is 7.53. The molecular formula is C17H18BrNO2S. The fourth-order valence-electron chi connectivity index (χ4n) is 2.01. The van der Waals surface area contributed by atoms with Crippen molar-refractivity contribution in [2.75, 3.05) is 6.54 Å². The molecule has 0 saturated heterocycles. The van der Waals surface area contributed by atoms with Crippen molar-refractivity contribution in [3.8, 4) is 0 Å². The van der Waals surface area contributed by atoms with Crippen LogP contribution >= 0.6 is 15.9 Å². The van der Waals surface area contributed by atoms with E-state index in [1.165, 1.54) is 0 Å². The van der Waals surface area contributed by atoms with Gasteiger partial charge in [0.1, 0.15) is 0 Å².